The zero-order chi connectivity index (χ0) is 14.1. The van der Waals surface area contributed by atoms with Crippen molar-refractivity contribution in [3.05, 3.63) is 36.0 Å². The number of nitrogens with zero attached hydrogens (tertiary/aromatic N) is 1. The van der Waals surface area contributed by atoms with Gasteiger partial charge in [0.25, 0.3) is 0 Å². The maximum absolute atomic E-state index is 11.4. The lowest BCUT2D eigenvalue weighted by molar-refractivity contribution is -0.128. The van der Waals surface area contributed by atoms with Crippen molar-refractivity contribution in [1.82, 2.24) is 9.88 Å². The lowest BCUT2D eigenvalue weighted by Crippen LogP contribution is -2.32. The highest BCUT2D eigenvalue weighted by Crippen LogP contribution is 2.31. The van der Waals surface area contributed by atoms with Gasteiger partial charge < -0.3 is 14.6 Å². The van der Waals surface area contributed by atoms with Gasteiger partial charge in [0.1, 0.15) is 5.75 Å². The molecule has 20 heavy (non-hydrogen) atoms. The van der Waals surface area contributed by atoms with Crippen LogP contribution in [0.25, 0.3) is 16.5 Å². The van der Waals surface area contributed by atoms with Gasteiger partial charge in [-0.2, -0.15) is 0 Å². The van der Waals surface area contributed by atoms with Crippen LogP contribution >= 0.6 is 0 Å². The van der Waals surface area contributed by atoms with E-state index < -0.39 is 0 Å². The number of benzene rings is 1. The number of carbonyl (C=O) groups excluding carboxylic acids is 1. The van der Waals surface area contributed by atoms with E-state index in [-0.39, 0.29) is 5.91 Å². The van der Waals surface area contributed by atoms with E-state index in [1.54, 1.807) is 14.0 Å². The minimum Gasteiger partial charge on any atom is -0.497 e. The van der Waals surface area contributed by atoms with Crippen molar-refractivity contribution < 1.29 is 9.53 Å². The Labute approximate surface area is 118 Å². The molecular formula is C16H18N2O2. The summed E-state index contributed by atoms with van der Waals surface area (Å²) in [4.78, 5) is 16.5. The molecule has 4 nitrogen and oxygen atoms in total. The van der Waals surface area contributed by atoms with E-state index in [0.717, 1.165) is 24.2 Å². The summed E-state index contributed by atoms with van der Waals surface area (Å²) >= 11 is 0. The van der Waals surface area contributed by atoms with Crippen LogP contribution in [-0.4, -0.2) is 36.0 Å². The number of fused-ring (bicyclic) bond motifs is 1. The number of ether oxygens (including phenoxy) is 1. The van der Waals surface area contributed by atoms with E-state index in [1.165, 1.54) is 16.5 Å². The summed E-state index contributed by atoms with van der Waals surface area (Å²) in [6.45, 7) is 3.11. The summed E-state index contributed by atoms with van der Waals surface area (Å²) in [7, 11) is 1.68. The van der Waals surface area contributed by atoms with Crippen LogP contribution in [0.4, 0.5) is 0 Å². The number of hydrogen-bond donors (Lipinski definition) is 1. The van der Waals surface area contributed by atoms with Gasteiger partial charge in [0.05, 0.1) is 7.11 Å². The molecule has 1 aliphatic rings. The fourth-order valence-electron chi connectivity index (χ4n) is 2.69. The molecule has 0 radical (unpaired) electrons. The molecule has 3 rings (SSSR count). The topological polar surface area (TPSA) is 45.3 Å². The number of carbonyl (C=O) groups is 1. The molecule has 1 aromatic heterocycles. The van der Waals surface area contributed by atoms with Crippen molar-refractivity contribution in [1.29, 1.82) is 0 Å². The van der Waals surface area contributed by atoms with E-state index in [9.17, 15) is 4.79 Å². The third-order valence-corrected chi connectivity index (χ3v) is 3.89. The number of rotatable bonds is 2. The quantitative estimate of drug-likeness (QED) is 0.912. The number of aromatic nitrogens is 1. The lowest BCUT2D eigenvalue weighted by Gasteiger charge is -2.25. The first-order valence-electron chi connectivity index (χ1n) is 6.79. The van der Waals surface area contributed by atoms with Gasteiger partial charge in [0.15, 0.2) is 0 Å². The van der Waals surface area contributed by atoms with Gasteiger partial charge in [-0.1, -0.05) is 6.08 Å². The monoisotopic (exact) mass is 270 g/mol. The van der Waals surface area contributed by atoms with Crippen LogP contribution in [-0.2, 0) is 4.79 Å². The second-order valence-corrected chi connectivity index (χ2v) is 5.06. The molecule has 0 spiro atoms. The van der Waals surface area contributed by atoms with Crippen LogP contribution in [0, 0.1) is 0 Å². The normalized spacial score (nSPS) is 15.3. The Morgan fingerprint density at radius 3 is 2.90 bits per heavy atom. The highest BCUT2D eigenvalue weighted by atomic mass is 16.5. The molecule has 1 aromatic carbocycles. The van der Waals surface area contributed by atoms with Crippen LogP contribution < -0.4 is 4.74 Å². The number of H-pyrrole nitrogens is 1. The van der Waals surface area contributed by atoms with Gasteiger partial charge in [-0.3, -0.25) is 4.79 Å². The molecule has 0 saturated heterocycles. The summed E-state index contributed by atoms with van der Waals surface area (Å²) in [6.07, 6.45) is 5.08. The number of aromatic amines is 1. The molecule has 0 atom stereocenters. The fourth-order valence-corrected chi connectivity index (χ4v) is 2.69. The summed E-state index contributed by atoms with van der Waals surface area (Å²) in [5, 5.41) is 1.17. The molecule has 2 aromatic rings. The summed E-state index contributed by atoms with van der Waals surface area (Å²) in [5.74, 6) is 1.00. The largest absolute Gasteiger partial charge is 0.497 e. The first kappa shape index (κ1) is 12.8. The molecule has 0 fully saturated rings. The summed E-state index contributed by atoms with van der Waals surface area (Å²) in [6, 6.07) is 6.04. The number of hydrogen-bond acceptors (Lipinski definition) is 2. The highest BCUT2D eigenvalue weighted by molar-refractivity contribution is 5.94. The average molecular weight is 270 g/mol. The molecule has 0 aliphatic carbocycles. The van der Waals surface area contributed by atoms with Gasteiger partial charge >= 0.3 is 0 Å². The first-order valence-corrected chi connectivity index (χ1v) is 6.79. The molecule has 1 amide bonds. The Bertz CT molecular complexity index is 685. The van der Waals surface area contributed by atoms with Crippen LogP contribution in [0.2, 0.25) is 0 Å². The maximum atomic E-state index is 11.4. The third kappa shape index (κ3) is 2.18. The van der Waals surface area contributed by atoms with Gasteiger partial charge in [0, 0.05) is 42.7 Å². The van der Waals surface area contributed by atoms with Crippen molar-refractivity contribution in [2.75, 3.05) is 20.2 Å². The SMILES string of the molecule is COc1ccc2[nH]cc(C3=CCN(C(C)=O)CC3)c2c1. The Kier molecular flexibility index (Phi) is 3.22. The number of amides is 1. The van der Waals surface area contributed by atoms with E-state index in [0.29, 0.717) is 6.54 Å². The van der Waals surface area contributed by atoms with Crippen molar-refractivity contribution in [3.63, 3.8) is 0 Å². The van der Waals surface area contributed by atoms with Gasteiger partial charge in [-0.05, 0) is 30.2 Å². The molecule has 2 heterocycles. The second kappa shape index (κ2) is 5.04. The maximum Gasteiger partial charge on any atom is 0.219 e. The van der Waals surface area contributed by atoms with Crippen LogP contribution in [0.5, 0.6) is 5.75 Å². The highest BCUT2D eigenvalue weighted by Gasteiger charge is 2.17. The van der Waals surface area contributed by atoms with Crippen LogP contribution in [0.15, 0.2) is 30.5 Å². The van der Waals surface area contributed by atoms with Crippen molar-refractivity contribution in [3.8, 4) is 5.75 Å². The molecule has 1 aliphatic heterocycles. The van der Waals surface area contributed by atoms with Crippen molar-refractivity contribution in [2.24, 2.45) is 0 Å². The summed E-state index contributed by atoms with van der Waals surface area (Å²) in [5.41, 5.74) is 3.61. The van der Waals surface area contributed by atoms with Gasteiger partial charge in [-0.25, -0.2) is 0 Å². The van der Waals surface area contributed by atoms with Crippen molar-refractivity contribution in [2.45, 2.75) is 13.3 Å². The molecule has 4 heteroatoms. The zero-order valence-electron chi connectivity index (χ0n) is 11.8. The molecule has 0 bridgehead atoms. The molecule has 104 valence electrons. The van der Waals surface area contributed by atoms with Gasteiger partial charge in [0.2, 0.25) is 5.91 Å². The van der Waals surface area contributed by atoms with E-state index in [4.69, 9.17) is 4.74 Å². The predicted octanol–water partition coefficient (Wildman–Crippen LogP) is 2.81. The van der Waals surface area contributed by atoms with Crippen LogP contribution in [0.1, 0.15) is 18.9 Å². The third-order valence-electron chi connectivity index (χ3n) is 3.89. The van der Waals surface area contributed by atoms with E-state index >= 15 is 0 Å². The fraction of sp³-hybridized carbons (Fsp3) is 0.312. The Morgan fingerprint density at radius 2 is 2.25 bits per heavy atom. The van der Waals surface area contributed by atoms with Crippen molar-refractivity contribution >= 4 is 22.4 Å². The lowest BCUT2D eigenvalue weighted by atomic mass is 9.99. The minimum atomic E-state index is 0.140. The Morgan fingerprint density at radius 1 is 1.40 bits per heavy atom. The first-order chi connectivity index (χ1) is 9.69. The predicted molar refractivity (Wildman–Crippen MR) is 79.7 cm³/mol. The smallest absolute Gasteiger partial charge is 0.219 e. The second-order valence-electron chi connectivity index (χ2n) is 5.06. The molecule has 1 N–H and O–H groups in total. The van der Waals surface area contributed by atoms with Gasteiger partial charge in [-0.15, -0.1) is 0 Å². The zero-order valence-corrected chi connectivity index (χ0v) is 11.8. The molecular weight excluding hydrogens is 252 g/mol. The van der Waals surface area contributed by atoms with Crippen LogP contribution in [0.3, 0.4) is 0 Å². The summed E-state index contributed by atoms with van der Waals surface area (Å²) < 4.78 is 5.30. The molecule has 0 saturated carbocycles. The standard InChI is InChI=1S/C16H18N2O2/c1-11(19)18-7-5-12(6-8-18)15-10-17-16-4-3-13(20-2)9-14(15)16/h3-5,9-10,17H,6-8H2,1-2H3. The number of nitrogens with one attached hydrogen (secondary N) is 1. The molecule has 0 unspecified atom stereocenters. The van der Waals surface area contributed by atoms with E-state index in [1.807, 2.05) is 23.2 Å². The Hall–Kier alpha value is -2.23. The Balaban J connectivity index is 1.96. The minimum absolute atomic E-state index is 0.140. The average Bonchev–Trinajstić information content (AvgIpc) is 2.90. The number of methoxy groups -OCH3 is 1. The van der Waals surface area contributed by atoms with E-state index in [2.05, 4.69) is 17.1 Å².